The highest BCUT2D eigenvalue weighted by molar-refractivity contribution is 7.92. The third kappa shape index (κ3) is 3.29. The van der Waals surface area contributed by atoms with Crippen LogP contribution in [0.4, 0.5) is 35.1 Å². The summed E-state index contributed by atoms with van der Waals surface area (Å²) in [7, 11) is -4.20. The molecular formula is C22H18F8O2S. The summed E-state index contributed by atoms with van der Waals surface area (Å²) in [5.41, 5.74) is -7.21. The van der Waals surface area contributed by atoms with Gasteiger partial charge in [0.05, 0.1) is 4.90 Å². The van der Waals surface area contributed by atoms with E-state index in [0.29, 0.717) is 25.0 Å². The average molecular weight is 498 g/mol. The van der Waals surface area contributed by atoms with Crippen molar-refractivity contribution in [1.29, 1.82) is 0 Å². The number of hydrogen-bond donors (Lipinski definition) is 0. The van der Waals surface area contributed by atoms with E-state index in [4.69, 9.17) is 0 Å². The summed E-state index contributed by atoms with van der Waals surface area (Å²) in [6.45, 7) is 0. The van der Waals surface area contributed by atoms with Crippen LogP contribution >= 0.6 is 0 Å². The first-order valence-corrected chi connectivity index (χ1v) is 11.6. The normalized spacial score (nSPS) is 23.8. The largest absolute Gasteiger partial charge is 0.435 e. The van der Waals surface area contributed by atoms with Gasteiger partial charge in [-0.1, -0.05) is 24.6 Å². The summed E-state index contributed by atoms with van der Waals surface area (Å²) in [6, 6.07) is 5.84. The molecule has 4 rings (SSSR count). The molecule has 0 saturated heterocycles. The van der Waals surface area contributed by atoms with E-state index in [0.717, 1.165) is 30.3 Å². The van der Waals surface area contributed by atoms with Gasteiger partial charge < -0.3 is 0 Å². The lowest BCUT2D eigenvalue weighted by atomic mass is 9.75. The Morgan fingerprint density at radius 1 is 0.848 bits per heavy atom. The molecular weight excluding hydrogens is 480 g/mol. The van der Waals surface area contributed by atoms with Crippen molar-refractivity contribution in [3.8, 4) is 0 Å². The number of benzene rings is 2. The maximum absolute atomic E-state index is 14.6. The van der Waals surface area contributed by atoms with E-state index in [1.54, 1.807) is 0 Å². The molecule has 11 heteroatoms. The molecule has 0 bridgehead atoms. The van der Waals surface area contributed by atoms with E-state index in [-0.39, 0.29) is 35.3 Å². The zero-order valence-corrected chi connectivity index (χ0v) is 17.7. The first-order chi connectivity index (χ1) is 15.2. The highest BCUT2D eigenvalue weighted by Gasteiger charge is 2.73. The summed E-state index contributed by atoms with van der Waals surface area (Å²) in [5, 5.41) is 0. The van der Waals surface area contributed by atoms with E-state index >= 15 is 0 Å². The third-order valence-electron chi connectivity index (χ3n) is 6.87. The Morgan fingerprint density at radius 3 is 2.03 bits per heavy atom. The molecule has 0 aromatic heterocycles. The minimum Gasteiger partial charge on any atom is -0.223 e. The summed E-state index contributed by atoms with van der Waals surface area (Å²) < 4.78 is 133. The molecule has 1 fully saturated rings. The van der Waals surface area contributed by atoms with E-state index in [2.05, 4.69) is 0 Å². The van der Waals surface area contributed by atoms with Gasteiger partial charge in [-0.2, -0.15) is 26.3 Å². The van der Waals surface area contributed by atoms with Crippen LogP contribution in [-0.2, 0) is 26.7 Å². The van der Waals surface area contributed by atoms with Crippen LogP contribution in [0.25, 0.3) is 0 Å². The van der Waals surface area contributed by atoms with E-state index < -0.39 is 49.9 Å². The number of halogens is 8. The predicted molar refractivity (Wildman–Crippen MR) is 102 cm³/mol. The van der Waals surface area contributed by atoms with Crippen LogP contribution in [0.2, 0.25) is 0 Å². The highest BCUT2D eigenvalue weighted by Crippen LogP contribution is 2.58. The molecule has 0 heterocycles. The fourth-order valence-corrected chi connectivity index (χ4v) is 7.84. The molecule has 0 spiro atoms. The van der Waals surface area contributed by atoms with Gasteiger partial charge in [0.2, 0.25) is 0 Å². The molecule has 0 N–H and O–H groups in total. The smallest absolute Gasteiger partial charge is 0.223 e. The van der Waals surface area contributed by atoms with Crippen LogP contribution < -0.4 is 0 Å². The van der Waals surface area contributed by atoms with E-state index in [9.17, 15) is 43.5 Å². The fourth-order valence-electron chi connectivity index (χ4n) is 5.35. The molecule has 0 amide bonds. The average Bonchev–Trinajstić information content (AvgIpc) is 3.17. The van der Waals surface area contributed by atoms with Crippen molar-refractivity contribution >= 4 is 9.84 Å². The second-order valence-corrected chi connectivity index (χ2v) is 10.7. The molecule has 2 atom stereocenters. The SMILES string of the molecule is O=S(=O)(c1ccc(F)cc1)[C@@]12CCC[C@@H]1CCc1cc(C(F)(C(F)(F)F)C(F)(F)F)ccc12. The molecule has 2 aliphatic rings. The number of fused-ring (bicyclic) bond motifs is 3. The first-order valence-electron chi connectivity index (χ1n) is 10.1. The Balaban J connectivity index is 1.92. The maximum atomic E-state index is 14.6. The molecule has 0 radical (unpaired) electrons. The monoisotopic (exact) mass is 498 g/mol. The van der Waals surface area contributed by atoms with Gasteiger partial charge in [-0.15, -0.1) is 0 Å². The van der Waals surface area contributed by atoms with Gasteiger partial charge in [0.25, 0.3) is 0 Å². The number of rotatable bonds is 3. The molecule has 0 aliphatic heterocycles. The molecule has 2 aliphatic carbocycles. The second-order valence-electron chi connectivity index (χ2n) is 8.50. The Hall–Kier alpha value is -2.17. The van der Waals surface area contributed by atoms with Crippen molar-refractivity contribution in [3.05, 3.63) is 65.0 Å². The quantitative estimate of drug-likeness (QED) is 0.356. The van der Waals surface area contributed by atoms with Gasteiger partial charge in [0, 0.05) is 5.56 Å². The van der Waals surface area contributed by atoms with E-state index in [1.165, 1.54) is 0 Å². The van der Waals surface area contributed by atoms with Crippen molar-refractivity contribution in [1.82, 2.24) is 0 Å². The van der Waals surface area contributed by atoms with Gasteiger partial charge in [-0.05, 0) is 67.0 Å². The van der Waals surface area contributed by atoms with E-state index in [1.807, 2.05) is 0 Å². The lowest BCUT2D eigenvalue weighted by molar-refractivity contribution is -0.348. The van der Waals surface area contributed by atoms with Crippen LogP contribution in [0.3, 0.4) is 0 Å². The summed E-state index contributed by atoms with van der Waals surface area (Å²) in [4.78, 5) is -0.196. The number of hydrogen-bond acceptors (Lipinski definition) is 2. The number of alkyl halides is 7. The molecule has 2 aromatic rings. The minimum atomic E-state index is -6.26. The van der Waals surface area contributed by atoms with Crippen molar-refractivity contribution in [2.24, 2.45) is 5.92 Å². The Bertz CT molecular complexity index is 1150. The fraction of sp³-hybridized carbons (Fsp3) is 0.455. The molecule has 2 aromatic carbocycles. The number of sulfone groups is 1. The Morgan fingerprint density at radius 2 is 1.45 bits per heavy atom. The zero-order chi connectivity index (χ0) is 24.4. The second kappa shape index (κ2) is 7.41. The molecule has 2 nitrogen and oxygen atoms in total. The topological polar surface area (TPSA) is 34.1 Å². The molecule has 33 heavy (non-hydrogen) atoms. The minimum absolute atomic E-state index is 0.0142. The summed E-state index contributed by atoms with van der Waals surface area (Å²) in [6.07, 6.45) is -11.2. The van der Waals surface area contributed by atoms with Crippen LogP contribution in [0.15, 0.2) is 47.4 Å². The highest BCUT2D eigenvalue weighted by atomic mass is 32.2. The van der Waals surface area contributed by atoms with Crippen molar-refractivity contribution in [3.63, 3.8) is 0 Å². The summed E-state index contributed by atoms with van der Waals surface area (Å²) in [5.74, 6) is -1.09. The van der Waals surface area contributed by atoms with Crippen molar-refractivity contribution < 1.29 is 43.5 Å². The van der Waals surface area contributed by atoms with Crippen molar-refractivity contribution in [2.45, 2.75) is 59.8 Å². The summed E-state index contributed by atoms with van der Waals surface area (Å²) >= 11 is 0. The predicted octanol–water partition coefficient (Wildman–Crippen LogP) is 6.53. The van der Waals surface area contributed by atoms with Crippen LogP contribution in [0, 0.1) is 11.7 Å². The van der Waals surface area contributed by atoms with Crippen LogP contribution in [0.1, 0.15) is 42.4 Å². The first kappa shape index (κ1) is 24.0. The van der Waals surface area contributed by atoms with Crippen LogP contribution in [-0.4, -0.2) is 20.8 Å². The molecule has 180 valence electrons. The molecule has 0 unspecified atom stereocenters. The standard InChI is InChI=1S/C22H18F8O2S/c23-16-6-8-17(9-7-16)33(31,32)19-11-1-2-14(19)4-3-13-12-15(5-10-18(13)19)20(24,21(25,26)27)22(28,29)30/h5-10,12,14H,1-4,11H2/t14-,19+/m1/s1. The zero-order valence-electron chi connectivity index (χ0n) is 16.9. The Kier molecular flexibility index (Phi) is 5.39. The van der Waals surface area contributed by atoms with Gasteiger partial charge in [0.15, 0.2) is 9.84 Å². The molecule has 1 saturated carbocycles. The third-order valence-corrected chi connectivity index (χ3v) is 9.48. The van der Waals surface area contributed by atoms with Gasteiger partial charge >= 0.3 is 18.0 Å². The van der Waals surface area contributed by atoms with Gasteiger partial charge in [-0.3, -0.25) is 0 Å². The van der Waals surface area contributed by atoms with Gasteiger partial charge in [-0.25, -0.2) is 17.2 Å². The Labute approximate surface area is 184 Å². The lowest BCUT2D eigenvalue weighted by Crippen LogP contribution is -2.50. The van der Waals surface area contributed by atoms with Gasteiger partial charge in [0.1, 0.15) is 10.6 Å². The lowest BCUT2D eigenvalue weighted by Gasteiger charge is -2.41. The van der Waals surface area contributed by atoms with Crippen LogP contribution in [0.5, 0.6) is 0 Å². The number of aryl methyl sites for hydroxylation is 1. The van der Waals surface area contributed by atoms with Crippen molar-refractivity contribution in [2.75, 3.05) is 0 Å². The maximum Gasteiger partial charge on any atom is 0.435 e.